The SMILES string of the molecule is CC(CNCC(O)c1ccc(C(F)(F)F)cc1)C1CC1. The Morgan fingerprint density at radius 3 is 2.30 bits per heavy atom. The minimum absolute atomic E-state index is 0.364. The van der Waals surface area contributed by atoms with Crippen molar-refractivity contribution in [1.29, 1.82) is 0 Å². The first-order chi connectivity index (χ1) is 9.38. The third-order valence-corrected chi connectivity index (χ3v) is 3.85. The number of aliphatic hydroxyl groups excluding tert-OH is 1. The van der Waals surface area contributed by atoms with E-state index in [1.54, 1.807) is 0 Å². The molecule has 0 aliphatic heterocycles. The number of aliphatic hydroxyl groups is 1. The zero-order valence-electron chi connectivity index (χ0n) is 11.5. The molecule has 0 bridgehead atoms. The van der Waals surface area contributed by atoms with E-state index >= 15 is 0 Å². The lowest BCUT2D eigenvalue weighted by Crippen LogP contribution is -2.27. The Bertz CT molecular complexity index is 426. The van der Waals surface area contributed by atoms with E-state index in [2.05, 4.69) is 12.2 Å². The van der Waals surface area contributed by atoms with Crippen LogP contribution in [0.1, 0.15) is 37.0 Å². The van der Waals surface area contributed by atoms with Crippen LogP contribution in [0.15, 0.2) is 24.3 Å². The molecule has 2 atom stereocenters. The fourth-order valence-corrected chi connectivity index (χ4v) is 2.29. The Morgan fingerprint density at radius 2 is 1.80 bits per heavy atom. The Kier molecular flexibility index (Phi) is 4.70. The van der Waals surface area contributed by atoms with Crippen LogP contribution in [-0.4, -0.2) is 18.2 Å². The fraction of sp³-hybridized carbons (Fsp3) is 0.600. The fourth-order valence-electron chi connectivity index (χ4n) is 2.29. The third-order valence-electron chi connectivity index (χ3n) is 3.85. The quantitative estimate of drug-likeness (QED) is 0.840. The van der Waals surface area contributed by atoms with E-state index in [0.717, 1.165) is 24.6 Å². The molecule has 0 amide bonds. The van der Waals surface area contributed by atoms with Gasteiger partial charge in [-0.2, -0.15) is 13.2 Å². The number of alkyl halides is 3. The monoisotopic (exact) mass is 287 g/mol. The first kappa shape index (κ1) is 15.3. The lowest BCUT2D eigenvalue weighted by atomic mass is 10.1. The maximum atomic E-state index is 12.4. The molecule has 2 rings (SSSR count). The van der Waals surface area contributed by atoms with Crippen LogP contribution < -0.4 is 5.32 Å². The summed E-state index contributed by atoms with van der Waals surface area (Å²) in [5.74, 6) is 1.39. The van der Waals surface area contributed by atoms with Gasteiger partial charge >= 0.3 is 6.18 Å². The van der Waals surface area contributed by atoms with Crippen molar-refractivity contribution in [2.24, 2.45) is 11.8 Å². The lowest BCUT2D eigenvalue weighted by molar-refractivity contribution is -0.137. The van der Waals surface area contributed by atoms with Gasteiger partial charge in [-0.15, -0.1) is 0 Å². The molecule has 112 valence electrons. The van der Waals surface area contributed by atoms with Crippen LogP contribution in [0.5, 0.6) is 0 Å². The number of hydrogen-bond acceptors (Lipinski definition) is 2. The van der Waals surface area contributed by atoms with Crippen molar-refractivity contribution in [2.45, 2.75) is 32.0 Å². The van der Waals surface area contributed by atoms with Gasteiger partial charge in [0.1, 0.15) is 0 Å². The van der Waals surface area contributed by atoms with Gasteiger partial charge in [-0.25, -0.2) is 0 Å². The summed E-state index contributed by atoms with van der Waals surface area (Å²) in [5.41, 5.74) is -0.187. The summed E-state index contributed by atoms with van der Waals surface area (Å²) in [6.45, 7) is 3.37. The molecule has 1 saturated carbocycles. The smallest absolute Gasteiger partial charge is 0.387 e. The molecule has 2 N–H and O–H groups in total. The Labute approximate surface area is 117 Å². The highest BCUT2D eigenvalue weighted by Gasteiger charge is 2.30. The zero-order chi connectivity index (χ0) is 14.8. The molecule has 1 aromatic carbocycles. The predicted molar refractivity (Wildman–Crippen MR) is 71.2 cm³/mol. The van der Waals surface area contributed by atoms with E-state index in [1.165, 1.54) is 25.0 Å². The van der Waals surface area contributed by atoms with Gasteiger partial charge in [0.25, 0.3) is 0 Å². The van der Waals surface area contributed by atoms with Crippen molar-refractivity contribution in [3.05, 3.63) is 35.4 Å². The summed E-state index contributed by atoms with van der Waals surface area (Å²) in [5, 5.41) is 13.1. The topological polar surface area (TPSA) is 32.3 Å². The van der Waals surface area contributed by atoms with Crippen molar-refractivity contribution in [3.63, 3.8) is 0 Å². The van der Waals surface area contributed by atoms with Gasteiger partial charge in [0.15, 0.2) is 0 Å². The van der Waals surface area contributed by atoms with E-state index in [0.29, 0.717) is 18.0 Å². The third kappa shape index (κ3) is 4.21. The van der Waals surface area contributed by atoms with Crippen molar-refractivity contribution in [3.8, 4) is 0 Å². The average Bonchev–Trinajstić information content (AvgIpc) is 3.22. The van der Waals surface area contributed by atoms with Crippen molar-refractivity contribution in [2.75, 3.05) is 13.1 Å². The second-order valence-electron chi connectivity index (χ2n) is 5.61. The number of rotatable bonds is 6. The molecule has 0 saturated heterocycles. The van der Waals surface area contributed by atoms with Crippen molar-refractivity contribution >= 4 is 0 Å². The Hall–Kier alpha value is -1.07. The highest BCUT2D eigenvalue weighted by atomic mass is 19.4. The zero-order valence-corrected chi connectivity index (χ0v) is 11.5. The van der Waals surface area contributed by atoms with Crippen molar-refractivity contribution in [1.82, 2.24) is 5.32 Å². The van der Waals surface area contributed by atoms with E-state index in [1.807, 2.05) is 0 Å². The summed E-state index contributed by atoms with van der Waals surface area (Å²) in [6, 6.07) is 4.68. The van der Waals surface area contributed by atoms with E-state index < -0.39 is 17.8 Å². The summed E-state index contributed by atoms with van der Waals surface area (Å²) < 4.78 is 37.3. The van der Waals surface area contributed by atoms with Gasteiger partial charge in [-0.05, 0) is 48.9 Å². The number of nitrogens with one attached hydrogen (secondary N) is 1. The molecule has 1 aromatic rings. The standard InChI is InChI=1S/C15H20F3NO/c1-10(11-2-3-11)8-19-9-14(20)12-4-6-13(7-5-12)15(16,17)18/h4-7,10-11,14,19-20H,2-3,8-9H2,1H3. The van der Waals surface area contributed by atoms with Gasteiger partial charge < -0.3 is 10.4 Å². The molecular weight excluding hydrogens is 267 g/mol. The molecule has 1 fully saturated rings. The van der Waals surface area contributed by atoms with Gasteiger partial charge in [-0.3, -0.25) is 0 Å². The van der Waals surface area contributed by atoms with Crippen molar-refractivity contribution < 1.29 is 18.3 Å². The van der Waals surface area contributed by atoms with E-state index in [-0.39, 0.29) is 0 Å². The highest BCUT2D eigenvalue weighted by Crippen LogP contribution is 2.36. The lowest BCUT2D eigenvalue weighted by Gasteiger charge is -2.16. The van der Waals surface area contributed by atoms with Crippen LogP contribution in [0.3, 0.4) is 0 Å². The highest BCUT2D eigenvalue weighted by molar-refractivity contribution is 5.26. The molecule has 2 unspecified atom stereocenters. The van der Waals surface area contributed by atoms with Gasteiger partial charge in [0.2, 0.25) is 0 Å². The molecule has 2 nitrogen and oxygen atoms in total. The summed E-state index contributed by atoms with van der Waals surface area (Å²) in [4.78, 5) is 0. The molecule has 1 aliphatic carbocycles. The largest absolute Gasteiger partial charge is 0.416 e. The molecule has 20 heavy (non-hydrogen) atoms. The molecule has 0 spiro atoms. The Balaban J connectivity index is 1.81. The van der Waals surface area contributed by atoms with Gasteiger partial charge in [-0.1, -0.05) is 19.1 Å². The molecule has 0 radical (unpaired) electrons. The van der Waals surface area contributed by atoms with Crippen LogP contribution in [0.4, 0.5) is 13.2 Å². The predicted octanol–water partition coefficient (Wildman–Crippen LogP) is 3.37. The number of halogens is 3. The summed E-state index contributed by atoms with van der Waals surface area (Å²) >= 11 is 0. The van der Waals surface area contributed by atoms with Gasteiger partial charge in [0, 0.05) is 6.54 Å². The van der Waals surface area contributed by atoms with Crippen LogP contribution in [-0.2, 0) is 6.18 Å². The minimum Gasteiger partial charge on any atom is -0.387 e. The minimum atomic E-state index is -4.33. The van der Waals surface area contributed by atoms with Crippen LogP contribution in [0, 0.1) is 11.8 Å². The summed E-state index contributed by atoms with van der Waals surface area (Å²) in [6.07, 6.45) is -2.54. The maximum Gasteiger partial charge on any atom is 0.416 e. The molecule has 1 aliphatic rings. The molecule has 0 aromatic heterocycles. The maximum absolute atomic E-state index is 12.4. The van der Waals surface area contributed by atoms with Crippen LogP contribution in [0.2, 0.25) is 0 Å². The second kappa shape index (κ2) is 6.14. The Morgan fingerprint density at radius 1 is 1.20 bits per heavy atom. The van der Waals surface area contributed by atoms with E-state index in [4.69, 9.17) is 0 Å². The average molecular weight is 287 g/mol. The number of benzene rings is 1. The molecule has 5 heteroatoms. The molecular formula is C15H20F3NO. The van der Waals surface area contributed by atoms with Gasteiger partial charge in [0.05, 0.1) is 11.7 Å². The van der Waals surface area contributed by atoms with E-state index in [9.17, 15) is 18.3 Å². The summed E-state index contributed by atoms with van der Waals surface area (Å²) in [7, 11) is 0. The van der Waals surface area contributed by atoms with Crippen LogP contribution in [0.25, 0.3) is 0 Å². The van der Waals surface area contributed by atoms with Crippen LogP contribution >= 0.6 is 0 Å². The normalized spacial score (nSPS) is 18.9. The second-order valence-corrected chi connectivity index (χ2v) is 5.61. The number of hydrogen-bond donors (Lipinski definition) is 2. The first-order valence-electron chi connectivity index (χ1n) is 6.94. The molecule has 0 heterocycles. The first-order valence-corrected chi connectivity index (χ1v) is 6.94.